The summed E-state index contributed by atoms with van der Waals surface area (Å²) >= 11 is 0. The molecule has 2 aromatic rings. The number of allylic oxidation sites excluding steroid dienone is 4. The van der Waals surface area contributed by atoms with E-state index in [0.29, 0.717) is 11.3 Å². The van der Waals surface area contributed by atoms with Gasteiger partial charge in [0.05, 0.1) is 4.86 Å². The molecule has 0 saturated carbocycles. The third kappa shape index (κ3) is 4.53. The van der Waals surface area contributed by atoms with Crippen LogP contribution in [0.3, 0.4) is 0 Å². The number of rotatable bonds is 1. The first-order valence-corrected chi connectivity index (χ1v) is 7.84. The van der Waals surface area contributed by atoms with E-state index in [1.807, 2.05) is 48.6 Å². The zero-order valence-corrected chi connectivity index (χ0v) is 12.6. The zero-order chi connectivity index (χ0) is 15.8. The second kappa shape index (κ2) is 8.10. The highest BCUT2D eigenvalue weighted by Gasteiger charge is 2.11. The topological polar surface area (TPSA) is 34.1 Å². The first-order valence-electron chi connectivity index (χ1n) is 6.76. The van der Waals surface area contributed by atoms with Gasteiger partial charge in [-0.05, 0) is 17.7 Å². The minimum Gasteiger partial charge on any atom is -0.207 e. The number of hydrogen-bond acceptors (Lipinski definition) is 2. The van der Waals surface area contributed by atoms with Crippen LogP contribution in [-0.2, 0) is 10.3 Å². The van der Waals surface area contributed by atoms with Crippen LogP contribution in [-0.4, -0.2) is 13.3 Å². The molecule has 0 saturated heterocycles. The molecule has 22 heavy (non-hydrogen) atoms. The van der Waals surface area contributed by atoms with E-state index in [1.165, 1.54) is 12.1 Å². The molecule has 1 aliphatic carbocycles. The van der Waals surface area contributed by atoms with Crippen LogP contribution in [0.5, 0.6) is 0 Å². The lowest BCUT2D eigenvalue weighted by Crippen LogP contribution is -2.04. The van der Waals surface area contributed by atoms with E-state index < -0.39 is 10.3 Å². The average Bonchev–Trinajstić information content (AvgIpc) is 2.57. The summed E-state index contributed by atoms with van der Waals surface area (Å²) < 4.78 is 34.0. The van der Waals surface area contributed by atoms with Gasteiger partial charge in [-0.15, -0.1) is 0 Å². The van der Waals surface area contributed by atoms with Gasteiger partial charge in [-0.2, -0.15) is 8.42 Å². The molecule has 2 aromatic carbocycles. The first-order chi connectivity index (χ1) is 10.7. The molecule has 0 fully saturated rings. The van der Waals surface area contributed by atoms with Crippen LogP contribution in [0.2, 0.25) is 0 Å². The predicted octanol–water partition coefficient (Wildman–Crippen LogP) is 3.91. The highest BCUT2D eigenvalue weighted by Crippen LogP contribution is 2.20. The van der Waals surface area contributed by atoms with Crippen molar-refractivity contribution in [1.29, 1.82) is 0 Å². The summed E-state index contributed by atoms with van der Waals surface area (Å²) in [6.07, 6.45) is 6.05. The molecule has 0 atom stereocenters. The molecule has 0 amide bonds. The molecule has 0 aliphatic heterocycles. The van der Waals surface area contributed by atoms with Crippen molar-refractivity contribution in [2.45, 2.75) is 6.42 Å². The van der Waals surface area contributed by atoms with E-state index in [0.717, 1.165) is 11.1 Å². The van der Waals surface area contributed by atoms with Gasteiger partial charge < -0.3 is 0 Å². The second-order valence-corrected chi connectivity index (χ2v) is 5.49. The van der Waals surface area contributed by atoms with Crippen molar-refractivity contribution in [2.24, 2.45) is 0 Å². The summed E-state index contributed by atoms with van der Waals surface area (Å²) in [5, 5.41) is 0. The summed E-state index contributed by atoms with van der Waals surface area (Å²) in [6, 6.07) is 17.5. The van der Waals surface area contributed by atoms with Gasteiger partial charge in [-0.1, -0.05) is 66.8 Å². The van der Waals surface area contributed by atoms with Gasteiger partial charge in [0, 0.05) is 12.0 Å². The summed E-state index contributed by atoms with van der Waals surface area (Å²) in [4.78, 5) is 0.462. The van der Waals surface area contributed by atoms with Gasteiger partial charge in [-0.3, -0.25) is 0 Å². The van der Waals surface area contributed by atoms with Crippen molar-refractivity contribution < 1.29 is 12.8 Å². The van der Waals surface area contributed by atoms with E-state index in [-0.39, 0.29) is 5.82 Å². The van der Waals surface area contributed by atoms with Crippen LogP contribution in [0.25, 0.3) is 5.57 Å². The van der Waals surface area contributed by atoms with Crippen molar-refractivity contribution in [3.05, 3.63) is 90.3 Å². The van der Waals surface area contributed by atoms with Crippen molar-refractivity contribution >= 4 is 20.7 Å². The van der Waals surface area contributed by atoms with Crippen molar-refractivity contribution in [3.8, 4) is 0 Å². The molecule has 0 aromatic heterocycles. The lowest BCUT2D eigenvalue weighted by atomic mass is 9.97. The van der Waals surface area contributed by atoms with Gasteiger partial charge in [0.15, 0.2) is 0 Å². The third-order valence-corrected chi connectivity index (χ3v) is 3.81. The number of hydrogen-bond donors (Lipinski definition) is 0. The molecule has 0 radical (unpaired) electrons. The molecule has 0 unspecified atom stereocenters. The fourth-order valence-electron chi connectivity index (χ4n) is 1.99. The maximum atomic E-state index is 11.9. The van der Waals surface area contributed by atoms with E-state index in [9.17, 15) is 12.8 Å². The Morgan fingerprint density at radius 3 is 1.95 bits per heavy atom. The summed E-state index contributed by atoms with van der Waals surface area (Å²) in [5.74, 6) is -0.178. The lowest BCUT2D eigenvalue weighted by Gasteiger charge is -2.09. The van der Waals surface area contributed by atoms with Crippen LogP contribution in [0.15, 0.2) is 78.9 Å². The highest BCUT2D eigenvalue weighted by molar-refractivity contribution is 7.74. The Labute approximate surface area is 130 Å². The molecule has 3 rings (SSSR count). The fourth-order valence-corrected chi connectivity index (χ4v) is 2.59. The summed E-state index contributed by atoms with van der Waals surface area (Å²) in [7, 11) is -2.14. The quantitative estimate of drug-likeness (QED) is 0.748. The van der Waals surface area contributed by atoms with Crippen molar-refractivity contribution in [3.63, 3.8) is 0 Å². The van der Waals surface area contributed by atoms with Crippen LogP contribution in [0.4, 0.5) is 4.39 Å². The molecule has 0 heterocycles. The SMILES string of the molecule is Fc1ccccc1.O=S(=O)=C1CC=CC=C1c1ccccc1. The Hall–Kier alpha value is -2.46. The number of benzene rings is 2. The van der Waals surface area contributed by atoms with Gasteiger partial charge >= 0.3 is 0 Å². The van der Waals surface area contributed by atoms with Crippen molar-refractivity contribution in [2.75, 3.05) is 0 Å². The Morgan fingerprint density at radius 1 is 0.864 bits per heavy atom. The lowest BCUT2D eigenvalue weighted by molar-refractivity contribution is 0.626. The maximum absolute atomic E-state index is 11.9. The molecule has 0 bridgehead atoms. The molecule has 0 N–H and O–H groups in total. The van der Waals surface area contributed by atoms with E-state index in [2.05, 4.69) is 0 Å². The molecular formula is C18H15FO2S. The minimum absolute atomic E-state index is 0.178. The normalized spacial score (nSPS) is 13.0. The molecule has 112 valence electrons. The monoisotopic (exact) mass is 314 g/mol. The zero-order valence-electron chi connectivity index (χ0n) is 11.8. The smallest absolute Gasteiger partial charge is 0.207 e. The molecule has 4 heteroatoms. The Morgan fingerprint density at radius 2 is 1.45 bits per heavy atom. The van der Waals surface area contributed by atoms with E-state index >= 15 is 0 Å². The van der Waals surface area contributed by atoms with Crippen LogP contribution in [0.1, 0.15) is 12.0 Å². The van der Waals surface area contributed by atoms with Gasteiger partial charge in [0.2, 0.25) is 10.3 Å². The fraction of sp³-hybridized carbons (Fsp3) is 0.0556. The van der Waals surface area contributed by atoms with Crippen LogP contribution < -0.4 is 0 Å². The Kier molecular flexibility index (Phi) is 5.86. The molecule has 2 nitrogen and oxygen atoms in total. The number of halogens is 1. The summed E-state index contributed by atoms with van der Waals surface area (Å²) in [5.41, 5.74) is 1.74. The van der Waals surface area contributed by atoms with Gasteiger partial charge in [0.25, 0.3) is 0 Å². The summed E-state index contributed by atoms with van der Waals surface area (Å²) in [6.45, 7) is 0. The molecule has 0 spiro atoms. The van der Waals surface area contributed by atoms with Gasteiger partial charge in [0.1, 0.15) is 5.82 Å². The molecular weight excluding hydrogens is 299 g/mol. The van der Waals surface area contributed by atoms with E-state index in [1.54, 1.807) is 18.2 Å². The minimum atomic E-state index is -2.14. The predicted molar refractivity (Wildman–Crippen MR) is 88.5 cm³/mol. The molecule has 1 aliphatic rings. The Balaban J connectivity index is 0.000000211. The standard InChI is InChI=1S/C12H10O2S.C6H5F/c13-15(14)12-9-5-4-8-11(12)10-6-2-1-3-7-10;7-6-4-2-1-3-5-6/h1-8H,9H2;1-5H. The highest BCUT2D eigenvalue weighted by atomic mass is 32.2. The average molecular weight is 314 g/mol. The largest absolute Gasteiger partial charge is 0.218 e. The second-order valence-electron chi connectivity index (χ2n) is 4.53. The Bertz CT molecular complexity index is 797. The van der Waals surface area contributed by atoms with Crippen molar-refractivity contribution in [1.82, 2.24) is 0 Å². The van der Waals surface area contributed by atoms with Gasteiger partial charge in [-0.25, -0.2) is 4.39 Å². The van der Waals surface area contributed by atoms with Crippen LogP contribution >= 0.6 is 0 Å². The first kappa shape index (κ1) is 15.9. The van der Waals surface area contributed by atoms with Crippen LogP contribution in [0, 0.1) is 5.82 Å². The third-order valence-electron chi connectivity index (χ3n) is 3.02. The maximum Gasteiger partial charge on any atom is 0.218 e. The van der Waals surface area contributed by atoms with E-state index in [4.69, 9.17) is 0 Å².